The molecule has 0 amide bonds. The number of hydrogen-bond donors (Lipinski definition) is 2. The number of hydrogen-bond acceptors (Lipinski definition) is 5. The third-order valence-electron chi connectivity index (χ3n) is 3.01. The Kier molecular flexibility index (Phi) is 3.86. The van der Waals surface area contributed by atoms with Gasteiger partial charge < -0.3 is 15.8 Å². The third kappa shape index (κ3) is 2.70. The van der Waals surface area contributed by atoms with Crippen LogP contribution in [0.1, 0.15) is 25.0 Å². The summed E-state index contributed by atoms with van der Waals surface area (Å²) in [5.74, 6) is 0.647. The first-order valence-corrected chi connectivity index (χ1v) is 6.03. The van der Waals surface area contributed by atoms with E-state index in [1.54, 1.807) is 19.5 Å². The van der Waals surface area contributed by atoms with Crippen LogP contribution in [-0.4, -0.2) is 34.2 Å². The highest BCUT2D eigenvalue weighted by molar-refractivity contribution is 7.80. The van der Waals surface area contributed by atoms with Crippen LogP contribution in [0.4, 0.5) is 5.82 Å². The highest BCUT2D eigenvalue weighted by atomic mass is 32.1. The number of aromatic nitrogens is 2. The number of ether oxygens (including phenoxy) is 1. The van der Waals surface area contributed by atoms with Gasteiger partial charge in [0.05, 0.1) is 12.1 Å². The molecular formula is C11H16N4OS. The maximum absolute atomic E-state index is 5.61. The summed E-state index contributed by atoms with van der Waals surface area (Å²) in [6.07, 6.45) is 6.71. The Morgan fingerprint density at radius 1 is 1.47 bits per heavy atom. The van der Waals surface area contributed by atoms with Crippen molar-refractivity contribution in [3.05, 3.63) is 18.1 Å². The predicted octanol–water partition coefficient (Wildman–Crippen LogP) is 1.09. The molecule has 92 valence electrons. The van der Waals surface area contributed by atoms with Crippen molar-refractivity contribution < 1.29 is 4.74 Å². The van der Waals surface area contributed by atoms with Crippen LogP contribution in [0.25, 0.3) is 0 Å². The first-order chi connectivity index (χ1) is 8.22. The zero-order valence-electron chi connectivity index (χ0n) is 9.72. The summed E-state index contributed by atoms with van der Waals surface area (Å²) in [5, 5.41) is 3.33. The van der Waals surface area contributed by atoms with Gasteiger partial charge in [0.25, 0.3) is 0 Å². The van der Waals surface area contributed by atoms with Gasteiger partial charge in [-0.05, 0) is 19.3 Å². The zero-order valence-corrected chi connectivity index (χ0v) is 10.5. The maximum atomic E-state index is 5.61. The molecule has 1 aromatic heterocycles. The molecule has 17 heavy (non-hydrogen) atoms. The average Bonchev–Trinajstić information content (AvgIpc) is 2.77. The smallest absolute Gasteiger partial charge is 0.155 e. The molecule has 0 radical (unpaired) electrons. The van der Waals surface area contributed by atoms with Gasteiger partial charge in [-0.1, -0.05) is 12.2 Å². The van der Waals surface area contributed by atoms with Crippen molar-refractivity contribution in [2.24, 2.45) is 5.73 Å². The fourth-order valence-corrected chi connectivity index (χ4v) is 2.32. The predicted molar refractivity (Wildman–Crippen MR) is 70.0 cm³/mol. The molecular weight excluding hydrogens is 236 g/mol. The van der Waals surface area contributed by atoms with E-state index in [1.165, 1.54) is 0 Å². The van der Waals surface area contributed by atoms with Crippen molar-refractivity contribution in [2.75, 3.05) is 12.4 Å². The number of nitrogens with two attached hydrogens (primary N) is 1. The van der Waals surface area contributed by atoms with Crippen molar-refractivity contribution in [3.63, 3.8) is 0 Å². The van der Waals surface area contributed by atoms with E-state index in [4.69, 9.17) is 22.7 Å². The lowest BCUT2D eigenvalue weighted by molar-refractivity contribution is 0.101. The molecule has 6 heteroatoms. The van der Waals surface area contributed by atoms with Gasteiger partial charge in [-0.3, -0.25) is 0 Å². The second kappa shape index (κ2) is 5.37. The first-order valence-electron chi connectivity index (χ1n) is 5.62. The molecule has 1 aromatic rings. The van der Waals surface area contributed by atoms with Crippen molar-refractivity contribution in [3.8, 4) is 0 Å². The lowest BCUT2D eigenvalue weighted by atomic mass is 10.2. The minimum Gasteiger partial charge on any atom is -0.388 e. The van der Waals surface area contributed by atoms with Crippen molar-refractivity contribution in [2.45, 2.75) is 31.4 Å². The Bertz CT molecular complexity index is 412. The van der Waals surface area contributed by atoms with E-state index in [1.807, 2.05) is 0 Å². The van der Waals surface area contributed by atoms with Crippen LogP contribution in [0.2, 0.25) is 0 Å². The fourth-order valence-electron chi connectivity index (χ4n) is 2.17. The van der Waals surface area contributed by atoms with Gasteiger partial charge in [0.15, 0.2) is 5.82 Å². The van der Waals surface area contributed by atoms with E-state index >= 15 is 0 Å². The summed E-state index contributed by atoms with van der Waals surface area (Å²) in [4.78, 5) is 8.63. The standard InChI is InChI=1S/C11H16N4OS/c1-16-8-4-2-3-7(8)15-11-9(10(12)17)13-5-6-14-11/h5-8H,2-4H2,1H3,(H2,12,17)(H,14,15). The van der Waals surface area contributed by atoms with Crippen LogP contribution in [0, 0.1) is 0 Å². The van der Waals surface area contributed by atoms with E-state index in [0.717, 1.165) is 19.3 Å². The Balaban J connectivity index is 2.15. The molecule has 0 aliphatic heterocycles. The summed E-state index contributed by atoms with van der Waals surface area (Å²) in [5.41, 5.74) is 6.16. The van der Waals surface area contributed by atoms with E-state index < -0.39 is 0 Å². The topological polar surface area (TPSA) is 73.1 Å². The van der Waals surface area contributed by atoms with E-state index in [0.29, 0.717) is 11.5 Å². The molecule has 2 rings (SSSR count). The maximum Gasteiger partial charge on any atom is 0.155 e. The van der Waals surface area contributed by atoms with Crippen LogP contribution < -0.4 is 11.1 Å². The van der Waals surface area contributed by atoms with E-state index in [-0.39, 0.29) is 17.1 Å². The van der Waals surface area contributed by atoms with Gasteiger partial charge in [-0.15, -0.1) is 0 Å². The Labute approximate surface area is 106 Å². The van der Waals surface area contributed by atoms with Gasteiger partial charge in [0.2, 0.25) is 0 Å². The molecule has 1 fully saturated rings. The molecule has 3 N–H and O–H groups in total. The Morgan fingerprint density at radius 2 is 2.24 bits per heavy atom. The largest absolute Gasteiger partial charge is 0.388 e. The van der Waals surface area contributed by atoms with Gasteiger partial charge in [0.1, 0.15) is 10.7 Å². The minimum atomic E-state index is 0.219. The third-order valence-corrected chi connectivity index (χ3v) is 3.20. The quantitative estimate of drug-likeness (QED) is 0.782. The molecule has 5 nitrogen and oxygen atoms in total. The lowest BCUT2D eigenvalue weighted by Gasteiger charge is -2.20. The highest BCUT2D eigenvalue weighted by Gasteiger charge is 2.28. The number of nitrogens with one attached hydrogen (secondary N) is 1. The van der Waals surface area contributed by atoms with Gasteiger partial charge in [-0.25, -0.2) is 9.97 Å². The van der Waals surface area contributed by atoms with Crippen LogP contribution in [0.5, 0.6) is 0 Å². The van der Waals surface area contributed by atoms with Gasteiger partial charge >= 0.3 is 0 Å². The summed E-state index contributed by atoms with van der Waals surface area (Å²) in [6, 6.07) is 0.254. The molecule has 2 atom stereocenters. The molecule has 0 saturated heterocycles. The van der Waals surface area contributed by atoms with Crippen molar-refractivity contribution >= 4 is 23.0 Å². The Hall–Kier alpha value is -1.27. The normalized spacial score (nSPS) is 23.6. The molecule has 1 heterocycles. The zero-order chi connectivity index (χ0) is 12.3. The minimum absolute atomic E-state index is 0.219. The second-order valence-corrected chi connectivity index (χ2v) is 4.51. The molecule has 1 saturated carbocycles. The molecule has 2 unspecified atom stereocenters. The van der Waals surface area contributed by atoms with Gasteiger partial charge in [0, 0.05) is 19.5 Å². The number of methoxy groups -OCH3 is 1. The molecule has 0 aromatic carbocycles. The van der Waals surface area contributed by atoms with Crippen LogP contribution in [-0.2, 0) is 4.74 Å². The van der Waals surface area contributed by atoms with Crippen molar-refractivity contribution in [1.82, 2.24) is 9.97 Å². The molecule has 1 aliphatic rings. The van der Waals surface area contributed by atoms with Gasteiger partial charge in [-0.2, -0.15) is 0 Å². The lowest BCUT2D eigenvalue weighted by Crippen LogP contribution is -2.31. The molecule has 1 aliphatic carbocycles. The second-order valence-electron chi connectivity index (χ2n) is 4.07. The molecule has 0 spiro atoms. The summed E-state index contributed by atoms with van der Waals surface area (Å²) in [7, 11) is 1.73. The molecule has 0 bridgehead atoms. The summed E-state index contributed by atoms with van der Waals surface area (Å²) >= 11 is 4.95. The van der Waals surface area contributed by atoms with Crippen LogP contribution in [0.15, 0.2) is 12.4 Å². The fraction of sp³-hybridized carbons (Fsp3) is 0.545. The highest BCUT2D eigenvalue weighted by Crippen LogP contribution is 2.25. The SMILES string of the molecule is COC1CCCC1Nc1nccnc1C(N)=S. The Morgan fingerprint density at radius 3 is 2.94 bits per heavy atom. The van der Waals surface area contributed by atoms with E-state index in [2.05, 4.69) is 15.3 Å². The monoisotopic (exact) mass is 252 g/mol. The van der Waals surface area contributed by atoms with Crippen molar-refractivity contribution in [1.29, 1.82) is 0 Å². The number of anilines is 1. The van der Waals surface area contributed by atoms with Crippen LogP contribution >= 0.6 is 12.2 Å². The summed E-state index contributed by atoms with van der Waals surface area (Å²) in [6.45, 7) is 0. The summed E-state index contributed by atoms with van der Waals surface area (Å²) < 4.78 is 5.42. The number of rotatable bonds is 4. The van der Waals surface area contributed by atoms with E-state index in [9.17, 15) is 0 Å². The van der Waals surface area contributed by atoms with Crippen LogP contribution in [0.3, 0.4) is 0 Å². The first kappa shape index (κ1) is 12.2. The average molecular weight is 252 g/mol. The number of thiocarbonyl (C=S) groups is 1. The number of nitrogens with zero attached hydrogens (tertiary/aromatic N) is 2.